The van der Waals surface area contributed by atoms with E-state index in [1.165, 1.54) is 23.9 Å². The van der Waals surface area contributed by atoms with Gasteiger partial charge in [-0.1, -0.05) is 12.1 Å². The summed E-state index contributed by atoms with van der Waals surface area (Å²) in [4.78, 5) is 10.9. The monoisotopic (exact) mass is 227 g/mol. The van der Waals surface area contributed by atoms with Crippen molar-refractivity contribution in [2.75, 3.05) is 0 Å². The Bertz CT molecular complexity index is 339. The van der Waals surface area contributed by atoms with Gasteiger partial charge in [-0.3, -0.25) is 4.79 Å². The van der Waals surface area contributed by atoms with E-state index in [9.17, 15) is 9.18 Å². The molecule has 0 fully saturated rings. The number of carbonyl (C=O) groups is 1. The summed E-state index contributed by atoms with van der Waals surface area (Å²) in [5.41, 5.74) is 6.16. The van der Waals surface area contributed by atoms with Crippen molar-refractivity contribution < 1.29 is 9.18 Å². The Kier molecular flexibility index (Phi) is 4.15. The summed E-state index contributed by atoms with van der Waals surface area (Å²) in [5.74, 6) is -0.576. The highest BCUT2D eigenvalue weighted by Crippen LogP contribution is 2.31. The summed E-state index contributed by atoms with van der Waals surface area (Å²) in [7, 11) is 0. The fourth-order valence-corrected chi connectivity index (χ4v) is 2.25. The van der Waals surface area contributed by atoms with E-state index in [1.54, 1.807) is 19.1 Å². The Hall–Kier alpha value is -1.03. The van der Waals surface area contributed by atoms with E-state index >= 15 is 0 Å². The number of hydrogen-bond donors (Lipinski definition) is 1. The van der Waals surface area contributed by atoms with E-state index in [-0.39, 0.29) is 22.2 Å². The topological polar surface area (TPSA) is 43.1 Å². The summed E-state index contributed by atoms with van der Waals surface area (Å²) < 4.78 is 12.7. The zero-order valence-corrected chi connectivity index (χ0v) is 9.55. The molecule has 0 radical (unpaired) electrons. The van der Waals surface area contributed by atoms with Crippen LogP contribution in [0.1, 0.15) is 24.7 Å². The van der Waals surface area contributed by atoms with E-state index in [4.69, 9.17) is 5.73 Å². The van der Waals surface area contributed by atoms with Crippen molar-refractivity contribution in [3.63, 3.8) is 0 Å². The molecule has 1 aromatic carbocycles. The van der Waals surface area contributed by atoms with Gasteiger partial charge in [0.25, 0.3) is 0 Å². The first kappa shape index (κ1) is 12.0. The lowest BCUT2D eigenvalue weighted by atomic mass is 10.2. The number of rotatable bonds is 4. The van der Waals surface area contributed by atoms with Gasteiger partial charge in [-0.05, 0) is 31.5 Å². The maximum atomic E-state index is 12.7. The van der Waals surface area contributed by atoms with Crippen molar-refractivity contribution in [2.45, 2.75) is 24.3 Å². The molecule has 0 saturated heterocycles. The molecule has 1 rings (SSSR count). The number of halogens is 1. The number of primary amides is 1. The molecule has 2 atom stereocenters. The third-order valence-corrected chi connectivity index (χ3v) is 3.47. The Balaban J connectivity index is 2.64. The van der Waals surface area contributed by atoms with E-state index in [0.717, 1.165) is 5.56 Å². The molecule has 2 nitrogen and oxygen atoms in total. The molecule has 0 aliphatic rings. The zero-order valence-electron chi connectivity index (χ0n) is 8.74. The molecule has 0 saturated carbocycles. The summed E-state index contributed by atoms with van der Waals surface area (Å²) >= 11 is 1.47. The SMILES string of the molecule is C[C@H](S[C@H](C)c1ccc(F)cc1)C(N)=O. The van der Waals surface area contributed by atoms with Gasteiger partial charge in [0.1, 0.15) is 5.82 Å². The number of amides is 1. The molecule has 0 heterocycles. The van der Waals surface area contributed by atoms with Gasteiger partial charge in [-0.2, -0.15) is 0 Å². The molecule has 1 amide bonds. The largest absolute Gasteiger partial charge is 0.369 e. The first-order valence-corrected chi connectivity index (χ1v) is 5.65. The Labute approximate surface area is 93.0 Å². The Morgan fingerprint density at radius 3 is 2.33 bits per heavy atom. The van der Waals surface area contributed by atoms with Gasteiger partial charge in [-0.25, -0.2) is 4.39 Å². The second-order valence-electron chi connectivity index (χ2n) is 3.37. The number of carbonyl (C=O) groups excluding carboxylic acids is 1. The van der Waals surface area contributed by atoms with Gasteiger partial charge in [0, 0.05) is 5.25 Å². The van der Waals surface area contributed by atoms with Crippen molar-refractivity contribution in [1.29, 1.82) is 0 Å². The summed E-state index contributed by atoms with van der Waals surface area (Å²) in [6.45, 7) is 3.74. The normalized spacial score (nSPS) is 14.6. The number of hydrogen-bond acceptors (Lipinski definition) is 2. The standard InChI is InChI=1S/C11H14FNOS/c1-7(15-8(2)11(13)14)9-3-5-10(12)6-4-9/h3-8H,1-2H3,(H2,13,14)/t7-,8+/m1/s1. The van der Waals surface area contributed by atoms with Crippen LogP contribution < -0.4 is 5.73 Å². The highest BCUT2D eigenvalue weighted by Gasteiger charge is 2.15. The average Bonchev–Trinajstić information content (AvgIpc) is 2.18. The predicted octanol–water partition coefficient (Wildman–Crippen LogP) is 2.49. The lowest BCUT2D eigenvalue weighted by molar-refractivity contribution is -0.117. The first-order valence-electron chi connectivity index (χ1n) is 4.71. The average molecular weight is 227 g/mol. The fraction of sp³-hybridized carbons (Fsp3) is 0.364. The maximum Gasteiger partial charge on any atom is 0.230 e. The summed E-state index contributed by atoms with van der Waals surface area (Å²) in [6, 6.07) is 6.28. The summed E-state index contributed by atoms with van der Waals surface area (Å²) in [5, 5.41) is -0.0989. The third-order valence-electron chi connectivity index (χ3n) is 2.15. The van der Waals surface area contributed by atoms with Crippen molar-refractivity contribution in [2.24, 2.45) is 5.73 Å². The molecule has 0 aromatic heterocycles. The van der Waals surface area contributed by atoms with Crippen molar-refractivity contribution in [3.8, 4) is 0 Å². The molecule has 4 heteroatoms. The van der Waals surface area contributed by atoms with Gasteiger partial charge in [0.05, 0.1) is 5.25 Å². The van der Waals surface area contributed by atoms with Crippen LogP contribution in [0, 0.1) is 5.82 Å². The molecular weight excluding hydrogens is 213 g/mol. The highest BCUT2D eigenvalue weighted by atomic mass is 32.2. The Morgan fingerprint density at radius 2 is 1.87 bits per heavy atom. The molecule has 0 bridgehead atoms. The highest BCUT2D eigenvalue weighted by molar-refractivity contribution is 8.00. The van der Waals surface area contributed by atoms with Crippen molar-refractivity contribution in [1.82, 2.24) is 0 Å². The molecule has 15 heavy (non-hydrogen) atoms. The van der Waals surface area contributed by atoms with E-state index in [1.807, 2.05) is 6.92 Å². The third kappa shape index (κ3) is 3.55. The smallest absolute Gasteiger partial charge is 0.230 e. The number of nitrogens with two attached hydrogens (primary N) is 1. The fourth-order valence-electron chi connectivity index (χ4n) is 1.19. The van der Waals surface area contributed by atoms with Crippen LogP contribution in [-0.2, 0) is 4.79 Å². The van der Waals surface area contributed by atoms with Crippen LogP contribution in [0.25, 0.3) is 0 Å². The minimum atomic E-state index is -0.325. The molecule has 2 N–H and O–H groups in total. The van der Waals surface area contributed by atoms with E-state index in [2.05, 4.69) is 0 Å². The first-order chi connectivity index (χ1) is 7.00. The molecule has 82 valence electrons. The van der Waals surface area contributed by atoms with Gasteiger partial charge in [0.2, 0.25) is 5.91 Å². The van der Waals surface area contributed by atoms with Crippen LogP contribution >= 0.6 is 11.8 Å². The quantitative estimate of drug-likeness (QED) is 0.858. The van der Waals surface area contributed by atoms with Gasteiger partial charge >= 0.3 is 0 Å². The van der Waals surface area contributed by atoms with Crippen LogP contribution in [0.3, 0.4) is 0 Å². The molecule has 0 aliphatic carbocycles. The van der Waals surface area contributed by atoms with Crippen LogP contribution in [0.5, 0.6) is 0 Å². The lowest BCUT2D eigenvalue weighted by Crippen LogP contribution is -2.23. The zero-order chi connectivity index (χ0) is 11.4. The minimum absolute atomic E-state index is 0.132. The van der Waals surface area contributed by atoms with Crippen molar-refractivity contribution >= 4 is 17.7 Å². The van der Waals surface area contributed by atoms with Crippen LogP contribution in [0.4, 0.5) is 4.39 Å². The van der Waals surface area contributed by atoms with E-state index < -0.39 is 0 Å². The van der Waals surface area contributed by atoms with Gasteiger partial charge in [-0.15, -0.1) is 11.8 Å². The minimum Gasteiger partial charge on any atom is -0.369 e. The van der Waals surface area contributed by atoms with Crippen LogP contribution in [-0.4, -0.2) is 11.2 Å². The van der Waals surface area contributed by atoms with Gasteiger partial charge in [0.15, 0.2) is 0 Å². The van der Waals surface area contributed by atoms with Crippen molar-refractivity contribution in [3.05, 3.63) is 35.6 Å². The molecule has 0 aliphatic heterocycles. The maximum absolute atomic E-state index is 12.7. The Morgan fingerprint density at radius 1 is 1.33 bits per heavy atom. The molecule has 1 aromatic rings. The lowest BCUT2D eigenvalue weighted by Gasteiger charge is -2.14. The van der Waals surface area contributed by atoms with Gasteiger partial charge < -0.3 is 5.73 Å². The molecule has 0 spiro atoms. The summed E-state index contributed by atoms with van der Waals surface area (Å²) in [6.07, 6.45) is 0. The van der Waals surface area contributed by atoms with Crippen LogP contribution in [0.15, 0.2) is 24.3 Å². The second-order valence-corrected chi connectivity index (χ2v) is 5.06. The number of benzene rings is 1. The molecule has 0 unspecified atom stereocenters. The second kappa shape index (κ2) is 5.16. The van der Waals surface area contributed by atoms with Crippen LogP contribution in [0.2, 0.25) is 0 Å². The predicted molar refractivity (Wildman–Crippen MR) is 61.1 cm³/mol. The number of thioether (sulfide) groups is 1. The van der Waals surface area contributed by atoms with E-state index in [0.29, 0.717) is 0 Å². The molecular formula is C11H14FNOS.